The Labute approximate surface area is 127 Å². The number of hydrogen-bond acceptors (Lipinski definition) is 3. The lowest BCUT2D eigenvalue weighted by atomic mass is 10.1. The molecule has 0 spiro atoms. The minimum atomic E-state index is -5.65. The van der Waals surface area contributed by atoms with Gasteiger partial charge < -0.3 is 8.55 Å². The fraction of sp³-hybridized carbons (Fsp3) is 0.571. The van der Waals surface area contributed by atoms with Crippen molar-refractivity contribution in [1.82, 2.24) is 0 Å². The van der Waals surface area contributed by atoms with Crippen LogP contribution in [0.25, 0.3) is 0 Å². The molecular weight excluding hydrogens is 321 g/mol. The second-order valence-electron chi connectivity index (χ2n) is 5.33. The van der Waals surface area contributed by atoms with Crippen molar-refractivity contribution in [3.05, 3.63) is 23.3 Å². The average molecular weight is 339 g/mol. The zero-order valence-electron chi connectivity index (χ0n) is 12.4. The number of aryl methyl sites for hydroxylation is 2. The van der Waals surface area contributed by atoms with Gasteiger partial charge in [0.1, 0.15) is 5.75 Å². The summed E-state index contributed by atoms with van der Waals surface area (Å²) in [4.78, 5) is 0. The predicted octanol–water partition coefficient (Wildman–Crippen LogP) is 3.98. The Bertz CT molecular complexity index is 624. The first kappa shape index (κ1) is 16.9. The van der Waals surface area contributed by atoms with E-state index in [2.05, 4.69) is 8.55 Å². The summed E-state index contributed by atoms with van der Waals surface area (Å²) < 4.78 is 66.9. The maximum Gasteiger partial charge on any atom is 0.534 e. The van der Waals surface area contributed by atoms with E-state index in [1.165, 1.54) is 13.8 Å². The molecule has 0 aliphatic carbocycles. The minimum Gasteiger partial charge on any atom is -0.572 e. The first-order chi connectivity index (χ1) is 10.1. The van der Waals surface area contributed by atoms with Gasteiger partial charge in [0.05, 0.1) is 0 Å². The molecule has 1 aliphatic rings. The summed E-state index contributed by atoms with van der Waals surface area (Å²) in [6.07, 6.45) is 3.21. The minimum absolute atomic E-state index is 0.265. The van der Waals surface area contributed by atoms with E-state index in [1.807, 2.05) is 0 Å². The highest BCUT2D eigenvalue weighted by Crippen LogP contribution is 2.37. The van der Waals surface area contributed by atoms with Gasteiger partial charge in [-0.1, -0.05) is 0 Å². The summed E-state index contributed by atoms with van der Waals surface area (Å²) in [5, 5.41) is 0. The fourth-order valence-corrected chi connectivity index (χ4v) is 3.01. The SMILES string of the molecule is Cc1cc([O+]2CCCCC2)cc(C)c1OS(=O)(=O)C(F)(F)F. The van der Waals surface area contributed by atoms with Crippen LogP contribution in [0.4, 0.5) is 13.2 Å². The van der Waals surface area contributed by atoms with Gasteiger partial charge in [-0.3, -0.25) is 0 Å². The summed E-state index contributed by atoms with van der Waals surface area (Å²) >= 11 is 0. The Hall–Kier alpha value is -1.44. The fourth-order valence-electron chi connectivity index (χ4n) is 2.43. The predicted molar refractivity (Wildman–Crippen MR) is 75.6 cm³/mol. The lowest BCUT2D eigenvalue weighted by molar-refractivity contribution is -0.0771. The van der Waals surface area contributed by atoms with Crippen molar-refractivity contribution in [2.45, 2.75) is 38.6 Å². The van der Waals surface area contributed by atoms with Crippen LogP contribution in [0.5, 0.6) is 11.5 Å². The van der Waals surface area contributed by atoms with Crippen LogP contribution in [0.2, 0.25) is 0 Å². The molecule has 0 N–H and O–H groups in total. The van der Waals surface area contributed by atoms with E-state index in [1.54, 1.807) is 12.1 Å². The van der Waals surface area contributed by atoms with Crippen molar-refractivity contribution in [2.24, 2.45) is 0 Å². The number of rotatable bonds is 3. The van der Waals surface area contributed by atoms with E-state index < -0.39 is 15.6 Å². The van der Waals surface area contributed by atoms with Crippen LogP contribution in [-0.4, -0.2) is 27.1 Å². The van der Waals surface area contributed by atoms with Crippen LogP contribution in [0.15, 0.2) is 12.1 Å². The van der Waals surface area contributed by atoms with Crippen molar-refractivity contribution in [3.8, 4) is 11.5 Å². The van der Waals surface area contributed by atoms with E-state index in [9.17, 15) is 21.6 Å². The Balaban J connectivity index is 2.31. The van der Waals surface area contributed by atoms with Crippen LogP contribution in [0.3, 0.4) is 0 Å². The van der Waals surface area contributed by atoms with Crippen molar-refractivity contribution in [1.29, 1.82) is 0 Å². The Morgan fingerprint density at radius 2 is 1.55 bits per heavy atom. The van der Waals surface area contributed by atoms with Crippen LogP contribution in [-0.2, 0) is 14.5 Å². The van der Waals surface area contributed by atoms with E-state index in [0.29, 0.717) is 11.1 Å². The second-order valence-corrected chi connectivity index (χ2v) is 6.87. The van der Waals surface area contributed by atoms with Gasteiger partial charge in [0.15, 0.2) is 13.2 Å². The van der Waals surface area contributed by atoms with E-state index >= 15 is 0 Å². The molecule has 1 aromatic carbocycles. The Morgan fingerprint density at radius 3 is 2.00 bits per heavy atom. The molecule has 1 saturated heterocycles. The standard InChI is InChI=1S/C14H18F3O4S/c1-10-8-12(21-6-4-3-5-7-21)9-11(2)13(10)20-22(18,19)14(15,16)17/h8-9H,3-7H2,1-2H3/q+1. The molecule has 0 unspecified atom stereocenters. The highest BCUT2D eigenvalue weighted by atomic mass is 32.2. The molecule has 1 heterocycles. The molecule has 0 saturated carbocycles. The zero-order valence-corrected chi connectivity index (χ0v) is 13.2. The number of benzene rings is 1. The van der Waals surface area contributed by atoms with Gasteiger partial charge in [-0.05, 0) is 20.3 Å². The first-order valence-electron chi connectivity index (χ1n) is 6.91. The highest BCUT2D eigenvalue weighted by molar-refractivity contribution is 7.88. The van der Waals surface area contributed by atoms with Crippen molar-refractivity contribution < 1.29 is 30.1 Å². The smallest absolute Gasteiger partial charge is 0.534 e. The van der Waals surface area contributed by atoms with E-state index in [4.69, 9.17) is 0 Å². The summed E-state index contributed by atoms with van der Waals surface area (Å²) in [6, 6.07) is 3.26. The first-order valence-corrected chi connectivity index (χ1v) is 8.32. The lowest BCUT2D eigenvalue weighted by Gasteiger charge is -2.28. The maximum absolute atomic E-state index is 12.4. The Morgan fingerprint density at radius 1 is 1.05 bits per heavy atom. The summed E-state index contributed by atoms with van der Waals surface area (Å²) in [6.45, 7) is 4.67. The number of halogens is 3. The summed E-state index contributed by atoms with van der Waals surface area (Å²) in [7, 11) is -5.65. The molecule has 1 aromatic rings. The van der Waals surface area contributed by atoms with Crippen molar-refractivity contribution in [2.75, 3.05) is 13.2 Å². The third kappa shape index (κ3) is 3.48. The van der Waals surface area contributed by atoms with Gasteiger partial charge in [-0.2, -0.15) is 21.6 Å². The molecule has 0 bridgehead atoms. The highest BCUT2D eigenvalue weighted by Gasteiger charge is 2.49. The molecule has 1 fully saturated rings. The topological polar surface area (TPSA) is 46.1 Å². The van der Waals surface area contributed by atoms with Crippen LogP contribution in [0.1, 0.15) is 30.4 Å². The summed E-state index contributed by atoms with van der Waals surface area (Å²) in [5.41, 5.74) is -4.74. The van der Waals surface area contributed by atoms with Gasteiger partial charge in [0.2, 0.25) is 0 Å². The molecule has 4 nitrogen and oxygen atoms in total. The van der Waals surface area contributed by atoms with Gasteiger partial charge in [0, 0.05) is 36.1 Å². The molecule has 0 radical (unpaired) electrons. The molecule has 0 amide bonds. The molecule has 1 aliphatic heterocycles. The van der Waals surface area contributed by atoms with Crippen LogP contribution >= 0.6 is 0 Å². The molecular formula is C14H18F3O4S+. The largest absolute Gasteiger partial charge is 0.572 e. The Kier molecular flexibility index (Phi) is 4.60. The molecule has 0 atom stereocenters. The van der Waals surface area contributed by atoms with Gasteiger partial charge in [0.25, 0.3) is 5.75 Å². The second kappa shape index (κ2) is 5.98. The maximum atomic E-state index is 12.4. The third-order valence-electron chi connectivity index (χ3n) is 3.53. The van der Waals surface area contributed by atoms with E-state index in [0.717, 1.165) is 38.2 Å². The molecule has 124 valence electrons. The van der Waals surface area contributed by atoms with Gasteiger partial charge in [-0.15, -0.1) is 0 Å². The van der Waals surface area contributed by atoms with Gasteiger partial charge >= 0.3 is 15.6 Å². The normalized spacial score (nSPS) is 16.7. The molecule has 2 rings (SSSR count). The third-order valence-corrected chi connectivity index (χ3v) is 4.48. The quantitative estimate of drug-likeness (QED) is 0.475. The number of alkyl halides is 3. The lowest BCUT2D eigenvalue weighted by Crippen LogP contribution is -2.28. The average Bonchev–Trinajstić information content (AvgIpc) is 2.42. The van der Waals surface area contributed by atoms with Gasteiger partial charge in [-0.25, -0.2) is 0 Å². The summed E-state index contributed by atoms with van der Waals surface area (Å²) in [5.74, 6) is 0.533. The van der Waals surface area contributed by atoms with Crippen LogP contribution < -0.4 is 4.18 Å². The number of hydrogen-bond donors (Lipinski definition) is 0. The molecule has 0 aromatic heterocycles. The van der Waals surface area contributed by atoms with Crippen molar-refractivity contribution in [3.63, 3.8) is 0 Å². The monoisotopic (exact) mass is 339 g/mol. The molecule has 22 heavy (non-hydrogen) atoms. The zero-order chi connectivity index (χ0) is 16.5. The van der Waals surface area contributed by atoms with Crippen LogP contribution in [0, 0.1) is 13.8 Å². The van der Waals surface area contributed by atoms with Crippen molar-refractivity contribution >= 4 is 10.1 Å². The molecule has 8 heteroatoms. The van der Waals surface area contributed by atoms with E-state index in [-0.39, 0.29) is 5.75 Å².